The molecule has 1 aromatic heterocycles. The Kier molecular flexibility index (Phi) is 4.82. The van der Waals surface area contributed by atoms with Crippen LogP contribution in [0.5, 0.6) is 0 Å². The molecule has 0 aliphatic carbocycles. The quantitative estimate of drug-likeness (QED) is 0.510. The van der Waals surface area contributed by atoms with E-state index in [2.05, 4.69) is 69.4 Å². The van der Waals surface area contributed by atoms with Crippen LogP contribution in [0.1, 0.15) is 36.3 Å². The maximum atomic E-state index is 2.78. The zero-order valence-corrected chi connectivity index (χ0v) is 18.5. The van der Waals surface area contributed by atoms with Gasteiger partial charge in [-0.2, -0.15) is 0 Å². The van der Waals surface area contributed by atoms with Crippen LogP contribution in [0, 0.1) is 0 Å². The molecule has 2 aromatic carbocycles. The van der Waals surface area contributed by atoms with Gasteiger partial charge in [0.15, 0.2) is 0 Å². The second kappa shape index (κ2) is 7.64. The highest BCUT2D eigenvalue weighted by Gasteiger charge is 2.43. The molecular formula is C25H28N2S2. The van der Waals surface area contributed by atoms with Crippen molar-refractivity contribution in [3.05, 3.63) is 59.0 Å². The van der Waals surface area contributed by atoms with E-state index >= 15 is 0 Å². The van der Waals surface area contributed by atoms with E-state index in [1.165, 1.54) is 72.6 Å². The largest absolute Gasteiger partial charge is 0.367 e. The van der Waals surface area contributed by atoms with Gasteiger partial charge in [0.1, 0.15) is 0 Å². The van der Waals surface area contributed by atoms with Gasteiger partial charge >= 0.3 is 0 Å². The lowest BCUT2D eigenvalue weighted by Gasteiger charge is -2.39. The zero-order valence-electron chi connectivity index (χ0n) is 16.8. The molecule has 0 N–H and O–H groups in total. The van der Waals surface area contributed by atoms with Gasteiger partial charge in [0.25, 0.3) is 0 Å². The monoisotopic (exact) mass is 420 g/mol. The Hall–Kier alpha value is -1.49. The van der Waals surface area contributed by atoms with Crippen LogP contribution in [0.3, 0.4) is 0 Å². The number of thioether (sulfide) groups is 1. The van der Waals surface area contributed by atoms with Crippen LogP contribution >= 0.6 is 23.1 Å². The fourth-order valence-electron chi connectivity index (χ4n) is 5.73. The lowest BCUT2D eigenvalue weighted by molar-refractivity contribution is 0.191. The normalized spacial score (nSPS) is 23.8. The van der Waals surface area contributed by atoms with Gasteiger partial charge in [-0.25, -0.2) is 0 Å². The molecule has 1 saturated heterocycles. The van der Waals surface area contributed by atoms with E-state index in [1.807, 2.05) is 11.3 Å². The summed E-state index contributed by atoms with van der Waals surface area (Å²) in [4.78, 5) is 7.06. The van der Waals surface area contributed by atoms with Gasteiger partial charge in [0.2, 0.25) is 0 Å². The van der Waals surface area contributed by atoms with Crippen LogP contribution in [0.4, 0.5) is 5.69 Å². The number of nitrogens with zero attached hydrogens (tertiary/aromatic N) is 2. The average Bonchev–Trinajstić information content (AvgIpc) is 3.22. The number of piperidine rings is 1. The highest BCUT2D eigenvalue weighted by molar-refractivity contribution is 7.99. The summed E-state index contributed by atoms with van der Waals surface area (Å²) in [6.07, 6.45) is 5.12. The molecule has 0 radical (unpaired) electrons. The number of rotatable bonds is 4. The number of para-hydroxylation sites is 1. The standard InChI is InChI=1S/C25H28N2S2/c1-2-9-23-19(7-1)18(17-29-23)6-4-12-26-14-11-22-21(16-26)20-8-3-10-24-25(20)27(22)13-5-15-28-24/h1-3,7-10,17,21-22H,4-6,11-16H2/t21-,22-/m0/s1. The zero-order chi connectivity index (χ0) is 19.2. The number of thiophene rings is 1. The van der Waals surface area contributed by atoms with Crippen molar-refractivity contribution >= 4 is 38.9 Å². The van der Waals surface area contributed by atoms with Crippen molar-refractivity contribution in [1.82, 2.24) is 4.90 Å². The Balaban J connectivity index is 1.15. The first-order valence-electron chi connectivity index (χ1n) is 11.1. The summed E-state index contributed by atoms with van der Waals surface area (Å²) in [5.41, 5.74) is 4.77. The Labute approximate surface area is 181 Å². The summed E-state index contributed by atoms with van der Waals surface area (Å²) >= 11 is 3.97. The maximum absolute atomic E-state index is 2.78. The van der Waals surface area contributed by atoms with E-state index in [9.17, 15) is 0 Å². The van der Waals surface area contributed by atoms with Gasteiger partial charge in [-0.1, -0.05) is 30.3 Å². The Morgan fingerprint density at radius 2 is 2.00 bits per heavy atom. The van der Waals surface area contributed by atoms with Crippen molar-refractivity contribution in [2.45, 2.75) is 42.5 Å². The second-order valence-corrected chi connectivity index (χ2v) is 10.8. The summed E-state index contributed by atoms with van der Waals surface area (Å²) in [7, 11) is 0. The Morgan fingerprint density at radius 1 is 1.03 bits per heavy atom. The fraction of sp³-hybridized carbons (Fsp3) is 0.440. The van der Waals surface area contributed by atoms with Crippen molar-refractivity contribution in [2.75, 3.05) is 36.8 Å². The van der Waals surface area contributed by atoms with E-state index in [-0.39, 0.29) is 0 Å². The van der Waals surface area contributed by atoms with Gasteiger partial charge in [-0.05, 0) is 72.0 Å². The van der Waals surface area contributed by atoms with Crippen molar-refractivity contribution in [2.24, 2.45) is 0 Å². The molecule has 2 nitrogen and oxygen atoms in total. The number of hydrogen-bond donors (Lipinski definition) is 0. The second-order valence-electron chi connectivity index (χ2n) is 8.71. The minimum Gasteiger partial charge on any atom is -0.367 e. The van der Waals surface area contributed by atoms with Gasteiger partial charge in [-0.3, -0.25) is 0 Å². The SMILES string of the molecule is c1cc2c3c(c1)[C@@H]1CN(CCCc4csc5ccccc45)CC[C@@H]1N3CCCS2. The van der Waals surface area contributed by atoms with Crippen molar-refractivity contribution in [3.8, 4) is 0 Å². The third kappa shape index (κ3) is 3.20. The predicted molar refractivity (Wildman–Crippen MR) is 127 cm³/mol. The first-order chi connectivity index (χ1) is 14.4. The lowest BCUT2D eigenvalue weighted by atomic mass is 9.89. The molecule has 150 valence electrons. The van der Waals surface area contributed by atoms with Gasteiger partial charge < -0.3 is 9.80 Å². The smallest absolute Gasteiger partial charge is 0.0543 e. The van der Waals surface area contributed by atoms with Gasteiger partial charge in [0.05, 0.1) is 5.69 Å². The van der Waals surface area contributed by atoms with E-state index in [1.54, 1.807) is 16.8 Å². The predicted octanol–water partition coefficient (Wildman–Crippen LogP) is 6.01. The van der Waals surface area contributed by atoms with Gasteiger partial charge in [0, 0.05) is 41.2 Å². The van der Waals surface area contributed by atoms with E-state index in [0.717, 1.165) is 6.04 Å². The molecule has 0 amide bonds. The number of anilines is 1. The topological polar surface area (TPSA) is 6.48 Å². The molecule has 4 heterocycles. The van der Waals surface area contributed by atoms with Gasteiger partial charge in [-0.15, -0.1) is 23.1 Å². The summed E-state index contributed by atoms with van der Waals surface area (Å²) in [6.45, 7) is 4.99. The van der Waals surface area contributed by atoms with Crippen molar-refractivity contribution in [1.29, 1.82) is 0 Å². The third-order valence-corrected chi connectivity index (χ3v) is 9.21. The lowest BCUT2D eigenvalue weighted by Crippen LogP contribution is -2.46. The Morgan fingerprint density at radius 3 is 3.00 bits per heavy atom. The summed E-state index contributed by atoms with van der Waals surface area (Å²) < 4.78 is 1.43. The number of likely N-dealkylation sites (tertiary alicyclic amines) is 1. The van der Waals surface area contributed by atoms with Crippen LogP contribution in [-0.2, 0) is 6.42 Å². The molecule has 4 heteroatoms. The molecule has 6 rings (SSSR count). The van der Waals surface area contributed by atoms with Crippen LogP contribution in [0.15, 0.2) is 52.7 Å². The summed E-state index contributed by atoms with van der Waals surface area (Å²) in [5, 5.41) is 3.84. The van der Waals surface area contributed by atoms with Crippen LogP contribution in [0.25, 0.3) is 10.1 Å². The highest BCUT2D eigenvalue weighted by Crippen LogP contribution is 2.50. The maximum Gasteiger partial charge on any atom is 0.0543 e. The Bertz CT molecular complexity index is 1030. The highest BCUT2D eigenvalue weighted by atomic mass is 32.2. The first-order valence-corrected chi connectivity index (χ1v) is 12.9. The molecule has 0 bridgehead atoms. The number of aryl methyl sites for hydroxylation is 1. The molecule has 3 aromatic rings. The molecule has 0 unspecified atom stereocenters. The number of benzene rings is 2. The van der Waals surface area contributed by atoms with E-state index < -0.39 is 0 Å². The molecule has 0 saturated carbocycles. The minimum atomic E-state index is 0.708. The molecule has 0 spiro atoms. The van der Waals surface area contributed by atoms with Crippen molar-refractivity contribution < 1.29 is 0 Å². The minimum absolute atomic E-state index is 0.708. The van der Waals surface area contributed by atoms with Crippen LogP contribution in [-0.4, -0.2) is 42.9 Å². The van der Waals surface area contributed by atoms with E-state index in [4.69, 9.17) is 0 Å². The molecule has 29 heavy (non-hydrogen) atoms. The summed E-state index contributed by atoms with van der Waals surface area (Å²) in [6, 6.07) is 16.7. The molecule has 1 fully saturated rings. The average molecular weight is 421 g/mol. The molecule has 2 atom stereocenters. The van der Waals surface area contributed by atoms with Crippen LogP contribution in [0.2, 0.25) is 0 Å². The third-order valence-electron chi connectivity index (χ3n) is 7.06. The van der Waals surface area contributed by atoms with Crippen molar-refractivity contribution in [3.63, 3.8) is 0 Å². The fourth-order valence-corrected chi connectivity index (χ4v) is 7.77. The number of fused-ring (bicyclic) bond motifs is 4. The molecule has 3 aliphatic heterocycles. The molecule has 3 aliphatic rings. The van der Waals surface area contributed by atoms with E-state index in [0.29, 0.717) is 5.92 Å². The molecular weight excluding hydrogens is 392 g/mol. The van der Waals surface area contributed by atoms with Crippen LogP contribution < -0.4 is 4.90 Å². The number of hydrogen-bond acceptors (Lipinski definition) is 4. The summed E-state index contributed by atoms with van der Waals surface area (Å²) in [5.74, 6) is 1.98. The first kappa shape index (κ1) is 18.3.